The number of hydrogen-bond donors (Lipinski definition) is 2. The van der Waals surface area contributed by atoms with Crippen molar-refractivity contribution in [1.29, 1.82) is 0 Å². The van der Waals surface area contributed by atoms with Crippen LogP contribution in [0.1, 0.15) is 19.3 Å². The lowest BCUT2D eigenvalue weighted by molar-refractivity contribution is -0.119. The van der Waals surface area contributed by atoms with E-state index in [-0.39, 0.29) is 17.4 Å². The molecule has 3 N–H and O–H groups in total. The van der Waals surface area contributed by atoms with Crippen molar-refractivity contribution in [3.63, 3.8) is 0 Å². The highest BCUT2D eigenvalue weighted by Gasteiger charge is 2.30. The molecule has 2 rings (SSSR count). The highest BCUT2D eigenvalue weighted by atomic mass is 32.2. The van der Waals surface area contributed by atoms with Gasteiger partial charge in [-0.3, -0.25) is 4.79 Å². The monoisotopic (exact) mass is 268 g/mol. The minimum Gasteiger partial charge on any atom is -0.327 e. The second kappa shape index (κ2) is 5.07. The lowest BCUT2D eigenvalue weighted by Crippen LogP contribution is -2.36. The Hall–Kier alpha value is -1.40. The van der Waals surface area contributed by atoms with Crippen molar-refractivity contribution in [2.75, 3.05) is 0 Å². The summed E-state index contributed by atoms with van der Waals surface area (Å²) >= 11 is 0. The molecule has 0 heterocycles. The van der Waals surface area contributed by atoms with Crippen LogP contribution in [0.2, 0.25) is 0 Å². The van der Waals surface area contributed by atoms with E-state index < -0.39 is 15.9 Å². The normalized spacial score (nSPS) is 17.2. The third-order valence-electron chi connectivity index (χ3n) is 2.95. The SMILES string of the molecule is NC(CC(=O)NS(=O)(=O)c1ccccc1)C1CC1. The second-order valence-corrected chi connectivity index (χ2v) is 6.23. The molecule has 1 saturated carbocycles. The van der Waals surface area contributed by atoms with E-state index >= 15 is 0 Å². The minimum absolute atomic E-state index is 0.0523. The van der Waals surface area contributed by atoms with Gasteiger partial charge < -0.3 is 5.73 Å². The topological polar surface area (TPSA) is 89.3 Å². The van der Waals surface area contributed by atoms with Crippen LogP contribution in [-0.4, -0.2) is 20.4 Å². The summed E-state index contributed by atoms with van der Waals surface area (Å²) in [5.74, 6) is -0.173. The smallest absolute Gasteiger partial charge is 0.264 e. The number of amides is 1. The molecular formula is C12H16N2O3S. The van der Waals surface area contributed by atoms with E-state index in [9.17, 15) is 13.2 Å². The van der Waals surface area contributed by atoms with Gasteiger partial charge in [0, 0.05) is 12.5 Å². The molecular weight excluding hydrogens is 252 g/mol. The summed E-state index contributed by atoms with van der Waals surface area (Å²) < 4.78 is 25.7. The Balaban J connectivity index is 1.97. The molecule has 1 aromatic rings. The van der Waals surface area contributed by atoms with Gasteiger partial charge in [0.2, 0.25) is 5.91 Å². The summed E-state index contributed by atoms with van der Waals surface area (Å²) in [7, 11) is -3.77. The van der Waals surface area contributed by atoms with Crippen molar-refractivity contribution in [1.82, 2.24) is 4.72 Å². The van der Waals surface area contributed by atoms with E-state index in [4.69, 9.17) is 5.73 Å². The van der Waals surface area contributed by atoms with Crippen LogP contribution >= 0.6 is 0 Å². The molecule has 0 aliphatic heterocycles. The summed E-state index contributed by atoms with van der Waals surface area (Å²) in [5.41, 5.74) is 5.78. The number of carbonyl (C=O) groups excluding carboxylic acids is 1. The number of carbonyl (C=O) groups is 1. The lowest BCUT2D eigenvalue weighted by atomic mass is 10.1. The van der Waals surface area contributed by atoms with E-state index in [0.29, 0.717) is 5.92 Å². The maximum atomic E-state index is 11.8. The Labute approximate surface area is 106 Å². The van der Waals surface area contributed by atoms with Crippen LogP contribution in [0.3, 0.4) is 0 Å². The first kappa shape index (κ1) is 13.0. The molecule has 1 aromatic carbocycles. The van der Waals surface area contributed by atoms with Crippen molar-refractivity contribution in [2.45, 2.75) is 30.2 Å². The summed E-state index contributed by atoms with van der Waals surface area (Å²) in [6.07, 6.45) is 2.11. The molecule has 0 bridgehead atoms. The Morgan fingerprint density at radius 2 is 1.94 bits per heavy atom. The highest BCUT2D eigenvalue weighted by molar-refractivity contribution is 7.90. The van der Waals surface area contributed by atoms with Crippen molar-refractivity contribution < 1.29 is 13.2 Å². The minimum atomic E-state index is -3.77. The van der Waals surface area contributed by atoms with E-state index in [0.717, 1.165) is 12.8 Å². The quantitative estimate of drug-likeness (QED) is 0.819. The van der Waals surface area contributed by atoms with Crippen LogP contribution in [-0.2, 0) is 14.8 Å². The van der Waals surface area contributed by atoms with Gasteiger partial charge in [-0.2, -0.15) is 0 Å². The maximum Gasteiger partial charge on any atom is 0.264 e. The van der Waals surface area contributed by atoms with Crippen LogP contribution < -0.4 is 10.5 Å². The van der Waals surface area contributed by atoms with Crippen molar-refractivity contribution >= 4 is 15.9 Å². The molecule has 5 nitrogen and oxygen atoms in total. The van der Waals surface area contributed by atoms with Gasteiger partial charge in [-0.05, 0) is 30.9 Å². The molecule has 0 spiro atoms. The third kappa shape index (κ3) is 3.30. The average Bonchev–Trinajstić information content (AvgIpc) is 3.13. The highest BCUT2D eigenvalue weighted by Crippen LogP contribution is 2.32. The fourth-order valence-electron chi connectivity index (χ4n) is 1.76. The average molecular weight is 268 g/mol. The number of sulfonamides is 1. The molecule has 1 fully saturated rings. The number of nitrogens with one attached hydrogen (secondary N) is 1. The zero-order valence-corrected chi connectivity index (χ0v) is 10.7. The Morgan fingerprint density at radius 1 is 1.33 bits per heavy atom. The molecule has 0 aromatic heterocycles. The van der Waals surface area contributed by atoms with Crippen LogP contribution in [0.5, 0.6) is 0 Å². The summed E-state index contributed by atoms with van der Waals surface area (Å²) in [4.78, 5) is 11.7. The van der Waals surface area contributed by atoms with Gasteiger partial charge >= 0.3 is 0 Å². The number of benzene rings is 1. The number of rotatable bonds is 5. The van der Waals surface area contributed by atoms with Gasteiger partial charge in [-0.25, -0.2) is 13.1 Å². The van der Waals surface area contributed by atoms with Gasteiger partial charge in [0.25, 0.3) is 10.0 Å². The molecule has 0 radical (unpaired) electrons. The summed E-state index contributed by atoms with van der Waals surface area (Å²) in [6, 6.07) is 7.57. The summed E-state index contributed by atoms with van der Waals surface area (Å²) in [6.45, 7) is 0. The molecule has 1 atom stereocenters. The first-order valence-corrected chi connectivity index (χ1v) is 7.33. The number of hydrogen-bond acceptors (Lipinski definition) is 4. The molecule has 1 aliphatic rings. The third-order valence-corrected chi connectivity index (χ3v) is 4.34. The van der Waals surface area contributed by atoms with E-state index in [1.165, 1.54) is 12.1 Å². The molecule has 6 heteroatoms. The molecule has 18 heavy (non-hydrogen) atoms. The van der Waals surface area contributed by atoms with Crippen molar-refractivity contribution in [3.8, 4) is 0 Å². The Bertz CT molecular complexity index is 524. The van der Waals surface area contributed by atoms with Crippen LogP contribution in [0.15, 0.2) is 35.2 Å². The maximum absolute atomic E-state index is 11.8. The fourth-order valence-corrected chi connectivity index (χ4v) is 2.77. The predicted molar refractivity (Wildman–Crippen MR) is 67.1 cm³/mol. The standard InChI is InChI=1S/C12H16N2O3S/c13-11(9-6-7-9)8-12(15)14-18(16,17)10-4-2-1-3-5-10/h1-5,9,11H,6-8,13H2,(H,14,15). The van der Waals surface area contributed by atoms with Gasteiger partial charge in [0.05, 0.1) is 4.90 Å². The first-order valence-electron chi connectivity index (χ1n) is 5.85. The molecule has 98 valence electrons. The van der Waals surface area contributed by atoms with Crippen LogP contribution in [0.4, 0.5) is 0 Å². The van der Waals surface area contributed by atoms with Gasteiger partial charge in [0.15, 0.2) is 0 Å². The van der Waals surface area contributed by atoms with Gasteiger partial charge in [0.1, 0.15) is 0 Å². The van der Waals surface area contributed by atoms with E-state index in [1.54, 1.807) is 18.2 Å². The first-order chi connectivity index (χ1) is 8.49. The van der Waals surface area contributed by atoms with Crippen LogP contribution in [0, 0.1) is 5.92 Å². The van der Waals surface area contributed by atoms with E-state index in [2.05, 4.69) is 0 Å². The zero-order chi connectivity index (χ0) is 13.2. The fraction of sp³-hybridized carbons (Fsp3) is 0.417. The molecule has 1 amide bonds. The van der Waals surface area contributed by atoms with Gasteiger partial charge in [-0.1, -0.05) is 18.2 Å². The predicted octanol–water partition coefficient (Wildman–Crippen LogP) is 0.619. The zero-order valence-electron chi connectivity index (χ0n) is 9.87. The van der Waals surface area contributed by atoms with Crippen molar-refractivity contribution in [2.24, 2.45) is 11.7 Å². The lowest BCUT2D eigenvalue weighted by Gasteiger charge is -2.10. The molecule has 1 unspecified atom stereocenters. The molecule has 1 aliphatic carbocycles. The summed E-state index contributed by atoms with van der Waals surface area (Å²) in [5, 5.41) is 0. The Morgan fingerprint density at radius 3 is 2.50 bits per heavy atom. The van der Waals surface area contributed by atoms with Gasteiger partial charge in [-0.15, -0.1) is 0 Å². The molecule has 0 saturated heterocycles. The Kier molecular flexibility index (Phi) is 3.68. The van der Waals surface area contributed by atoms with Crippen LogP contribution in [0.25, 0.3) is 0 Å². The largest absolute Gasteiger partial charge is 0.327 e. The number of nitrogens with two attached hydrogens (primary N) is 1. The van der Waals surface area contributed by atoms with Crippen molar-refractivity contribution in [3.05, 3.63) is 30.3 Å². The second-order valence-electron chi connectivity index (χ2n) is 4.55. The van der Waals surface area contributed by atoms with E-state index in [1.807, 2.05) is 4.72 Å².